The van der Waals surface area contributed by atoms with Crippen LogP contribution in [0.25, 0.3) is 11.0 Å². The summed E-state index contributed by atoms with van der Waals surface area (Å²) in [5.74, 6) is 1.93. The van der Waals surface area contributed by atoms with Crippen molar-refractivity contribution in [3.05, 3.63) is 124 Å². The molecule has 3 aromatic carbocycles. The number of halogens is 1. The Morgan fingerprint density at radius 3 is 2.55 bits per heavy atom. The van der Waals surface area contributed by atoms with Crippen molar-refractivity contribution < 1.29 is 27.6 Å². The van der Waals surface area contributed by atoms with E-state index < -0.39 is 31.4 Å². The van der Waals surface area contributed by atoms with Crippen molar-refractivity contribution in [3.63, 3.8) is 0 Å². The normalized spacial score (nSPS) is 22.0. The number of piperazine rings is 1. The number of carbonyl (C=O) groups is 1. The van der Waals surface area contributed by atoms with Gasteiger partial charge >= 0.3 is 0 Å². The maximum absolute atomic E-state index is 13.9. The van der Waals surface area contributed by atoms with Crippen LogP contribution in [0.2, 0.25) is 5.02 Å². The Hall–Kier alpha value is -5.48. The summed E-state index contributed by atoms with van der Waals surface area (Å²) < 4.78 is 41.1. The summed E-state index contributed by atoms with van der Waals surface area (Å²) in [5.41, 5.74) is 2.59. The van der Waals surface area contributed by atoms with Crippen molar-refractivity contribution in [2.75, 3.05) is 62.7 Å². The number of aromatic amines is 1. The van der Waals surface area contributed by atoms with Crippen LogP contribution in [0.1, 0.15) is 41.1 Å². The number of sulfonamides is 1. The molecule has 4 aliphatic rings. The molecule has 3 fully saturated rings. The van der Waals surface area contributed by atoms with Gasteiger partial charge in [0.25, 0.3) is 21.6 Å². The second kappa shape index (κ2) is 16.9. The third kappa shape index (κ3) is 8.44. The van der Waals surface area contributed by atoms with Crippen molar-refractivity contribution in [2.45, 2.75) is 30.1 Å². The summed E-state index contributed by atoms with van der Waals surface area (Å²) in [6, 6.07) is 20.6. The standard InChI is InChI=1S/C44H46ClN7O7S/c45-33-5-3-29(4-6-33)42-31-2-1-30(21-31)38(42)27-50-15-17-51(18-16-50)34-7-9-37(41(23-34)59-35-22-32-11-14-46-43(32)48-26-35)44(53)49-60(56,57)36-8-10-39(40(24-36)52(54)55)47-25-28-12-19-58-20-13-28/h1-11,14,22-24,26,28,30-31,38,42,47H,12-13,15-21,25,27H2,(H,46,48)(H,49,53)/t30-,31+,38+,42+/m0/s1. The van der Waals surface area contributed by atoms with Gasteiger partial charge in [-0.15, -0.1) is 0 Å². The number of nitro groups is 1. The van der Waals surface area contributed by atoms with Gasteiger partial charge in [0.15, 0.2) is 0 Å². The zero-order chi connectivity index (χ0) is 41.4. The molecular weight excluding hydrogens is 806 g/mol. The van der Waals surface area contributed by atoms with Gasteiger partial charge in [0.05, 0.1) is 21.6 Å². The number of hydrogen-bond donors (Lipinski definition) is 3. The molecule has 60 heavy (non-hydrogen) atoms. The van der Waals surface area contributed by atoms with E-state index in [1.807, 2.05) is 18.2 Å². The van der Waals surface area contributed by atoms with E-state index in [9.17, 15) is 23.3 Å². The van der Waals surface area contributed by atoms with Crippen molar-refractivity contribution in [1.82, 2.24) is 19.6 Å². The fourth-order valence-electron chi connectivity index (χ4n) is 9.34. The van der Waals surface area contributed by atoms with Gasteiger partial charge in [0.1, 0.15) is 22.8 Å². The van der Waals surface area contributed by atoms with Crippen molar-refractivity contribution >= 4 is 55.6 Å². The minimum Gasteiger partial charge on any atom is -0.455 e. The van der Waals surface area contributed by atoms with E-state index >= 15 is 0 Å². The molecule has 2 aromatic heterocycles. The average Bonchev–Trinajstić information content (AvgIpc) is 4.01. The highest BCUT2D eigenvalue weighted by molar-refractivity contribution is 7.90. The highest BCUT2D eigenvalue weighted by atomic mass is 35.5. The van der Waals surface area contributed by atoms with Crippen LogP contribution in [0.15, 0.2) is 102 Å². The van der Waals surface area contributed by atoms with Gasteiger partial charge in [-0.3, -0.25) is 19.8 Å². The third-order valence-electron chi connectivity index (χ3n) is 12.5. The molecule has 1 saturated carbocycles. The number of hydrogen-bond acceptors (Lipinski definition) is 11. The molecule has 16 heteroatoms. The zero-order valence-electron chi connectivity index (χ0n) is 32.8. The predicted molar refractivity (Wildman–Crippen MR) is 229 cm³/mol. The maximum Gasteiger partial charge on any atom is 0.293 e. The van der Waals surface area contributed by atoms with E-state index in [0.717, 1.165) is 67.7 Å². The van der Waals surface area contributed by atoms with Gasteiger partial charge in [-0.05, 0) is 103 Å². The van der Waals surface area contributed by atoms with Gasteiger partial charge in [-0.1, -0.05) is 35.9 Å². The number of carbonyl (C=O) groups excluding carboxylic acids is 1. The molecule has 14 nitrogen and oxygen atoms in total. The number of benzene rings is 3. The van der Waals surface area contributed by atoms with E-state index in [2.05, 4.69) is 54.1 Å². The van der Waals surface area contributed by atoms with E-state index in [1.165, 1.54) is 30.3 Å². The molecule has 0 spiro atoms. The average molecular weight is 852 g/mol. The Balaban J connectivity index is 0.918. The number of allylic oxidation sites excluding steroid dienone is 2. The molecule has 2 saturated heterocycles. The first-order valence-corrected chi connectivity index (χ1v) is 22.3. The van der Waals surface area contributed by atoms with Crippen LogP contribution in [0.4, 0.5) is 17.1 Å². The van der Waals surface area contributed by atoms with Gasteiger partial charge in [-0.25, -0.2) is 18.1 Å². The van der Waals surface area contributed by atoms with E-state index in [-0.39, 0.29) is 22.9 Å². The molecule has 9 rings (SSSR count). The van der Waals surface area contributed by atoms with Crippen LogP contribution in [0.3, 0.4) is 0 Å². The van der Waals surface area contributed by atoms with Gasteiger partial charge in [0, 0.05) is 86.9 Å². The molecular formula is C44H46ClN7O7S. The van der Waals surface area contributed by atoms with Gasteiger partial charge in [0.2, 0.25) is 0 Å². The summed E-state index contributed by atoms with van der Waals surface area (Å²) in [4.78, 5) is 37.2. The van der Waals surface area contributed by atoms with Crippen LogP contribution >= 0.6 is 11.6 Å². The molecule has 2 aliphatic carbocycles. The second-order valence-electron chi connectivity index (χ2n) is 16.2. The van der Waals surface area contributed by atoms with Crippen LogP contribution in [-0.2, 0) is 14.8 Å². The summed E-state index contributed by atoms with van der Waals surface area (Å²) in [7, 11) is -4.55. The van der Waals surface area contributed by atoms with Crippen LogP contribution in [0.5, 0.6) is 11.5 Å². The molecule has 2 aliphatic heterocycles. The topological polar surface area (TPSA) is 172 Å². The maximum atomic E-state index is 13.9. The SMILES string of the molecule is O=C(NS(=O)(=O)c1ccc(NCC2CCOCC2)c([N+](=O)[O-])c1)c1ccc(N2CCN(C[C@H]3[C@H](c4ccc(Cl)cc4)[C@@H]4C=C[C@H]3C4)CC2)cc1Oc1cnc2[nH]ccc2c1. The largest absolute Gasteiger partial charge is 0.455 e. The lowest BCUT2D eigenvalue weighted by Crippen LogP contribution is -2.48. The third-order valence-corrected chi connectivity index (χ3v) is 14.1. The Bertz CT molecular complexity index is 2540. The van der Waals surface area contributed by atoms with E-state index in [4.69, 9.17) is 21.1 Å². The van der Waals surface area contributed by atoms with Crippen molar-refractivity contribution in [1.29, 1.82) is 0 Å². The number of nitrogens with zero attached hydrogens (tertiary/aromatic N) is 4. The minimum absolute atomic E-state index is 0.0306. The molecule has 312 valence electrons. The van der Waals surface area contributed by atoms with Crippen LogP contribution in [-0.4, -0.2) is 86.6 Å². The van der Waals surface area contributed by atoms with Crippen molar-refractivity contribution in [2.24, 2.45) is 23.7 Å². The Morgan fingerprint density at radius 1 is 0.983 bits per heavy atom. The Kier molecular flexibility index (Phi) is 11.2. The highest BCUT2D eigenvalue weighted by Crippen LogP contribution is 2.53. The number of amides is 1. The number of aromatic nitrogens is 2. The molecule has 0 radical (unpaired) electrons. The molecule has 1 amide bonds. The zero-order valence-corrected chi connectivity index (χ0v) is 34.4. The quantitative estimate of drug-likeness (QED) is 0.0605. The second-order valence-corrected chi connectivity index (χ2v) is 18.3. The first kappa shape index (κ1) is 40.0. The minimum atomic E-state index is -4.55. The number of H-pyrrole nitrogens is 1. The number of ether oxygens (including phenoxy) is 2. The van der Waals surface area contributed by atoms with Gasteiger partial charge in [-0.2, -0.15) is 0 Å². The van der Waals surface area contributed by atoms with Crippen molar-refractivity contribution in [3.8, 4) is 11.5 Å². The summed E-state index contributed by atoms with van der Waals surface area (Å²) in [6.07, 6.45) is 10.9. The lowest BCUT2D eigenvalue weighted by molar-refractivity contribution is -0.384. The summed E-state index contributed by atoms with van der Waals surface area (Å²) in [6.45, 7) is 5.94. The van der Waals surface area contributed by atoms with Crippen LogP contribution in [0, 0.1) is 33.8 Å². The molecule has 5 aromatic rings. The smallest absolute Gasteiger partial charge is 0.293 e. The number of anilines is 2. The Morgan fingerprint density at radius 2 is 1.77 bits per heavy atom. The summed E-state index contributed by atoms with van der Waals surface area (Å²) >= 11 is 6.23. The number of fused-ring (bicyclic) bond motifs is 3. The number of nitro benzene ring substituents is 1. The number of rotatable bonds is 13. The summed E-state index contributed by atoms with van der Waals surface area (Å²) in [5, 5.41) is 16.7. The van der Waals surface area contributed by atoms with E-state index in [1.54, 1.807) is 30.5 Å². The molecule has 4 atom stereocenters. The fourth-order valence-corrected chi connectivity index (χ4v) is 10.5. The number of pyridine rings is 1. The molecule has 3 N–H and O–H groups in total. The first-order valence-electron chi connectivity index (χ1n) is 20.4. The molecule has 0 unspecified atom stereocenters. The lowest BCUT2D eigenvalue weighted by atomic mass is 9.78. The monoisotopic (exact) mass is 851 g/mol. The lowest BCUT2D eigenvalue weighted by Gasteiger charge is -2.39. The van der Waals surface area contributed by atoms with Gasteiger partial charge < -0.3 is 24.7 Å². The molecule has 4 heterocycles. The number of nitrogens with one attached hydrogen (secondary N) is 3. The van der Waals surface area contributed by atoms with Crippen LogP contribution < -0.4 is 19.7 Å². The molecule has 2 bridgehead atoms. The Labute approximate surface area is 353 Å². The highest BCUT2D eigenvalue weighted by Gasteiger charge is 2.45. The van der Waals surface area contributed by atoms with E-state index in [0.29, 0.717) is 54.8 Å². The predicted octanol–water partition coefficient (Wildman–Crippen LogP) is 7.60. The fraction of sp³-hybridized carbons (Fsp3) is 0.364. The first-order chi connectivity index (χ1) is 29.1.